The van der Waals surface area contributed by atoms with E-state index in [2.05, 4.69) is 4.90 Å². The average Bonchev–Trinajstić information content (AvgIpc) is 3.47. The molecule has 1 amide bonds. The molecule has 40 heavy (non-hydrogen) atoms. The minimum Gasteiger partial charge on any atom is -0.508 e. The second-order valence-electron chi connectivity index (χ2n) is 12.6. The number of anilines is 1. The second kappa shape index (κ2) is 8.79. The van der Waals surface area contributed by atoms with Crippen LogP contribution in [-0.4, -0.2) is 101 Å². The summed E-state index contributed by atoms with van der Waals surface area (Å²) in [6.07, 6.45) is 1.58. The quantitative estimate of drug-likeness (QED) is 0.324. The Bertz CT molecular complexity index is 1420. The predicted molar refractivity (Wildman–Crippen MR) is 145 cm³/mol. The summed E-state index contributed by atoms with van der Waals surface area (Å²) >= 11 is 0. The number of rotatable bonds is 5. The van der Waals surface area contributed by atoms with E-state index in [9.17, 15) is 34.8 Å². The van der Waals surface area contributed by atoms with Crippen LogP contribution in [-0.2, 0) is 27.3 Å². The highest BCUT2D eigenvalue weighted by Crippen LogP contribution is 2.54. The van der Waals surface area contributed by atoms with Gasteiger partial charge in [-0.25, -0.2) is 0 Å². The summed E-state index contributed by atoms with van der Waals surface area (Å²) in [4.78, 5) is 45.2. The maximum atomic E-state index is 14.1. The van der Waals surface area contributed by atoms with E-state index >= 15 is 0 Å². The highest BCUT2D eigenvalue weighted by atomic mass is 16.3. The van der Waals surface area contributed by atoms with E-state index < -0.39 is 58.0 Å². The molecule has 1 aliphatic heterocycles. The molecule has 1 heterocycles. The Hall–Kier alpha value is -3.41. The first kappa shape index (κ1) is 26.8. The number of phenols is 1. The molecule has 4 aliphatic carbocycles. The van der Waals surface area contributed by atoms with Crippen LogP contribution < -0.4 is 10.6 Å². The molecule has 0 radical (unpaired) electrons. The lowest BCUT2D eigenvalue weighted by atomic mass is 9.57. The SMILES string of the molecule is CN(C)c1cc(CN2CC3CC3C2)c(O)c2c1CC1CC3C(N(C)C)C(=O)C(C(N)=O)=C(O)C3(O)C(=O)C1=C2O. The molecule has 6 rings (SSSR count). The average molecular weight is 553 g/mol. The van der Waals surface area contributed by atoms with E-state index in [0.717, 1.165) is 18.8 Å². The molecule has 6 N–H and O–H groups in total. The normalized spacial score (nSPS) is 33.1. The number of benzene rings is 1. The Morgan fingerprint density at radius 3 is 2.33 bits per heavy atom. The third-order valence-corrected chi connectivity index (χ3v) is 9.71. The van der Waals surface area contributed by atoms with E-state index in [1.807, 2.05) is 25.1 Å². The molecule has 214 valence electrons. The van der Waals surface area contributed by atoms with E-state index in [0.29, 0.717) is 29.5 Å². The van der Waals surface area contributed by atoms with Crippen LogP contribution in [0.3, 0.4) is 0 Å². The van der Waals surface area contributed by atoms with Crippen molar-refractivity contribution in [2.24, 2.45) is 29.4 Å². The molecule has 6 unspecified atom stereocenters. The number of carbonyl (C=O) groups is 3. The van der Waals surface area contributed by atoms with E-state index in [4.69, 9.17) is 5.73 Å². The van der Waals surface area contributed by atoms with Gasteiger partial charge in [-0.1, -0.05) is 0 Å². The van der Waals surface area contributed by atoms with Gasteiger partial charge in [0, 0.05) is 56.5 Å². The number of nitrogens with zero attached hydrogens (tertiary/aromatic N) is 3. The summed E-state index contributed by atoms with van der Waals surface area (Å²) in [7, 11) is 6.92. The van der Waals surface area contributed by atoms with Crippen molar-refractivity contribution in [1.29, 1.82) is 0 Å². The van der Waals surface area contributed by atoms with Gasteiger partial charge in [0.2, 0.25) is 5.78 Å². The van der Waals surface area contributed by atoms with Gasteiger partial charge in [0.15, 0.2) is 11.4 Å². The number of aliphatic hydroxyl groups is 3. The Kier molecular flexibility index (Phi) is 5.89. The fraction of sp³-hybridized carbons (Fsp3) is 0.552. The van der Waals surface area contributed by atoms with Gasteiger partial charge >= 0.3 is 0 Å². The lowest BCUT2D eigenvalue weighted by Gasteiger charge is -2.50. The number of Topliss-reactive ketones (excluding diaryl/α,β-unsaturated/α-hetero) is 2. The lowest BCUT2D eigenvalue weighted by molar-refractivity contribution is -0.153. The van der Waals surface area contributed by atoms with Crippen molar-refractivity contribution in [3.63, 3.8) is 0 Å². The fourth-order valence-electron chi connectivity index (χ4n) is 7.73. The first-order valence-corrected chi connectivity index (χ1v) is 13.7. The standard InChI is InChI=1S/C29H36N4O7/c1-31(2)18-8-15(11-33-9-13-5-14(13)10-33)23(34)20-16(18)6-12-7-17-22(32(3)4)25(36)21(28(30)39)27(38)29(17,40)26(37)19(12)24(20)35/h8,12-14,17,22,34-35,38,40H,5-7,9-11H2,1-4H3,(H2,30,39). The van der Waals surface area contributed by atoms with Gasteiger partial charge in [0.25, 0.3) is 5.91 Å². The zero-order valence-electron chi connectivity index (χ0n) is 23.1. The number of nitrogens with two attached hydrogens (primary N) is 1. The summed E-state index contributed by atoms with van der Waals surface area (Å²) in [5.74, 6) is -4.94. The number of hydrogen-bond donors (Lipinski definition) is 5. The first-order valence-electron chi connectivity index (χ1n) is 13.7. The van der Waals surface area contributed by atoms with Gasteiger partial charge in [0.1, 0.15) is 22.8 Å². The minimum atomic E-state index is -2.64. The van der Waals surface area contributed by atoms with E-state index in [1.165, 1.54) is 11.3 Å². The number of aliphatic hydroxyl groups excluding tert-OH is 2. The van der Waals surface area contributed by atoms with Crippen molar-refractivity contribution in [3.8, 4) is 5.75 Å². The third-order valence-electron chi connectivity index (χ3n) is 9.71. The van der Waals surface area contributed by atoms with Gasteiger partial charge in [-0.2, -0.15) is 0 Å². The van der Waals surface area contributed by atoms with E-state index in [1.54, 1.807) is 14.1 Å². The number of aromatic hydroxyl groups is 1. The van der Waals surface area contributed by atoms with Crippen molar-refractivity contribution in [1.82, 2.24) is 9.80 Å². The van der Waals surface area contributed by atoms with Crippen molar-refractivity contribution in [3.05, 3.63) is 39.7 Å². The molecular formula is C29H36N4O7. The molecule has 11 heteroatoms. The smallest absolute Gasteiger partial charge is 0.255 e. The summed E-state index contributed by atoms with van der Waals surface area (Å²) in [6.45, 7) is 2.41. The largest absolute Gasteiger partial charge is 0.508 e. The molecule has 11 nitrogen and oxygen atoms in total. The number of likely N-dealkylation sites (N-methyl/N-ethyl adjacent to an activating group) is 1. The number of ketones is 2. The zero-order chi connectivity index (χ0) is 29.0. The number of primary amides is 1. The van der Waals surface area contributed by atoms with Crippen LogP contribution in [0.4, 0.5) is 5.69 Å². The Balaban J connectivity index is 1.50. The Morgan fingerprint density at radius 2 is 1.75 bits per heavy atom. The van der Waals surface area contributed by atoms with Gasteiger partial charge in [0.05, 0.1) is 11.6 Å². The van der Waals surface area contributed by atoms with Gasteiger partial charge in [-0.05, 0) is 62.7 Å². The van der Waals surface area contributed by atoms with Crippen molar-refractivity contribution < 1.29 is 34.8 Å². The summed E-state index contributed by atoms with van der Waals surface area (Å²) in [6, 6.07) is 0.825. The molecule has 0 spiro atoms. The molecule has 1 aromatic rings. The molecule has 6 atom stereocenters. The van der Waals surface area contributed by atoms with Gasteiger partial charge in [-0.15, -0.1) is 0 Å². The Morgan fingerprint density at radius 1 is 1.10 bits per heavy atom. The molecule has 2 saturated carbocycles. The van der Waals surface area contributed by atoms with Crippen molar-refractivity contribution in [2.75, 3.05) is 46.2 Å². The summed E-state index contributed by atoms with van der Waals surface area (Å²) in [5.41, 5.74) is 4.05. The zero-order valence-corrected chi connectivity index (χ0v) is 23.1. The molecular weight excluding hydrogens is 516 g/mol. The predicted octanol–water partition coefficient (Wildman–Crippen LogP) is 0.482. The molecule has 0 bridgehead atoms. The molecule has 1 saturated heterocycles. The highest BCUT2D eigenvalue weighted by molar-refractivity contribution is 6.24. The third kappa shape index (κ3) is 3.57. The number of likely N-dealkylation sites (tertiary alicyclic amines) is 1. The van der Waals surface area contributed by atoms with Crippen LogP contribution in [0.1, 0.15) is 29.5 Å². The second-order valence-corrected chi connectivity index (χ2v) is 12.6. The molecule has 3 fully saturated rings. The first-order chi connectivity index (χ1) is 18.8. The van der Waals surface area contributed by atoms with Crippen LogP contribution in [0.2, 0.25) is 0 Å². The molecule has 5 aliphatic rings. The fourth-order valence-corrected chi connectivity index (χ4v) is 7.73. The summed E-state index contributed by atoms with van der Waals surface area (Å²) < 4.78 is 0. The molecule has 0 aromatic heterocycles. The number of amides is 1. The lowest BCUT2D eigenvalue weighted by Crippen LogP contribution is -2.65. The number of phenolic OH excluding ortho intramolecular Hbond substituents is 1. The van der Waals surface area contributed by atoms with E-state index in [-0.39, 0.29) is 29.7 Å². The van der Waals surface area contributed by atoms with Crippen molar-refractivity contribution >= 4 is 28.9 Å². The van der Waals surface area contributed by atoms with Crippen LogP contribution in [0, 0.1) is 23.7 Å². The van der Waals surface area contributed by atoms with Crippen LogP contribution >= 0.6 is 0 Å². The van der Waals surface area contributed by atoms with Crippen LogP contribution in [0.25, 0.3) is 5.76 Å². The minimum absolute atomic E-state index is 0.0672. The maximum Gasteiger partial charge on any atom is 0.255 e. The monoisotopic (exact) mass is 552 g/mol. The van der Waals surface area contributed by atoms with Crippen LogP contribution in [0.15, 0.2) is 23.0 Å². The number of piperidine rings is 1. The van der Waals surface area contributed by atoms with Gasteiger partial charge < -0.3 is 31.1 Å². The highest BCUT2D eigenvalue weighted by Gasteiger charge is 2.64. The van der Waals surface area contributed by atoms with Crippen molar-refractivity contribution in [2.45, 2.75) is 37.5 Å². The molecule has 1 aromatic carbocycles. The van der Waals surface area contributed by atoms with Gasteiger partial charge in [-0.3, -0.25) is 24.2 Å². The number of fused-ring (bicyclic) bond motifs is 4. The maximum absolute atomic E-state index is 14.1. The van der Waals surface area contributed by atoms with Crippen LogP contribution in [0.5, 0.6) is 5.75 Å². The topological polar surface area (TPSA) is 168 Å². The number of carbonyl (C=O) groups excluding carboxylic acids is 3. The summed E-state index contributed by atoms with van der Waals surface area (Å²) in [5, 5.41) is 45.9. The Labute approximate surface area is 232 Å². The number of hydrogen-bond acceptors (Lipinski definition) is 10.